The summed E-state index contributed by atoms with van der Waals surface area (Å²) >= 11 is 0. The Kier molecular flexibility index (Phi) is 5.30. The number of nitrogen functional groups attached to an aromatic ring is 1. The van der Waals surface area contributed by atoms with E-state index in [0.717, 1.165) is 53.2 Å². The summed E-state index contributed by atoms with van der Waals surface area (Å²) in [6.07, 6.45) is 3.06. The van der Waals surface area contributed by atoms with Crippen LogP contribution in [0.5, 0.6) is 0 Å². The molecule has 1 unspecified atom stereocenters. The fraction of sp³-hybridized carbons (Fsp3) is 0.292. The number of carbonyl (C=O) groups is 1. The number of fused-ring (bicyclic) bond motifs is 3. The van der Waals surface area contributed by atoms with E-state index in [1.165, 1.54) is 5.56 Å². The number of nitrogens with one attached hydrogen (secondary N) is 1. The maximum absolute atomic E-state index is 12.6. The van der Waals surface area contributed by atoms with E-state index in [-0.39, 0.29) is 11.8 Å². The molecule has 0 aliphatic heterocycles. The van der Waals surface area contributed by atoms with E-state index in [4.69, 9.17) is 15.7 Å². The van der Waals surface area contributed by atoms with Gasteiger partial charge in [-0.05, 0) is 42.5 Å². The lowest BCUT2D eigenvalue weighted by atomic mass is 9.91. The van der Waals surface area contributed by atoms with Crippen molar-refractivity contribution in [2.45, 2.75) is 39.5 Å². The van der Waals surface area contributed by atoms with Crippen molar-refractivity contribution in [3.8, 4) is 11.3 Å². The zero-order valence-corrected chi connectivity index (χ0v) is 16.9. The van der Waals surface area contributed by atoms with Gasteiger partial charge in [0.15, 0.2) is 5.82 Å². The second-order valence-corrected chi connectivity index (χ2v) is 7.69. The van der Waals surface area contributed by atoms with Crippen LogP contribution in [-0.2, 0) is 24.1 Å². The molecule has 148 valence electrons. The predicted molar refractivity (Wildman–Crippen MR) is 117 cm³/mol. The molecule has 0 saturated heterocycles. The molecular formula is C24H26N4O. The van der Waals surface area contributed by atoms with Crippen LogP contribution in [0.2, 0.25) is 0 Å². The molecule has 0 bridgehead atoms. The van der Waals surface area contributed by atoms with Crippen molar-refractivity contribution in [3.63, 3.8) is 0 Å². The average Bonchev–Trinajstić information content (AvgIpc) is 2.74. The Morgan fingerprint density at radius 2 is 1.93 bits per heavy atom. The molecule has 1 heterocycles. The SMILES string of the molecule is CCC(C)C(=O)Nc1nc2c(nc1Cc1ccccc1)-c1ccc(N)cc1CC2. The van der Waals surface area contributed by atoms with Crippen LogP contribution in [-0.4, -0.2) is 15.9 Å². The van der Waals surface area contributed by atoms with Gasteiger partial charge in [0, 0.05) is 23.6 Å². The zero-order valence-electron chi connectivity index (χ0n) is 16.9. The maximum atomic E-state index is 12.6. The third-order valence-electron chi connectivity index (χ3n) is 5.57. The number of rotatable bonds is 5. The molecular weight excluding hydrogens is 360 g/mol. The number of nitrogens with zero attached hydrogens (tertiary/aromatic N) is 2. The molecule has 5 nitrogen and oxygen atoms in total. The van der Waals surface area contributed by atoms with Crippen LogP contribution in [0.4, 0.5) is 11.5 Å². The number of benzene rings is 2. The van der Waals surface area contributed by atoms with E-state index in [1.54, 1.807) is 0 Å². The summed E-state index contributed by atoms with van der Waals surface area (Å²) in [6.45, 7) is 3.94. The molecule has 2 aromatic carbocycles. The quantitative estimate of drug-likeness (QED) is 0.637. The van der Waals surface area contributed by atoms with E-state index >= 15 is 0 Å². The molecule has 3 N–H and O–H groups in total. The van der Waals surface area contributed by atoms with Crippen molar-refractivity contribution < 1.29 is 4.79 Å². The average molecular weight is 386 g/mol. The molecule has 1 aromatic heterocycles. The minimum atomic E-state index is -0.0684. The number of aromatic nitrogens is 2. The molecule has 0 spiro atoms. The van der Waals surface area contributed by atoms with Gasteiger partial charge in [-0.25, -0.2) is 9.97 Å². The molecule has 0 saturated carbocycles. The summed E-state index contributed by atoms with van der Waals surface area (Å²) < 4.78 is 0. The highest BCUT2D eigenvalue weighted by Gasteiger charge is 2.23. The van der Waals surface area contributed by atoms with Gasteiger partial charge in [0.2, 0.25) is 5.91 Å². The van der Waals surface area contributed by atoms with Gasteiger partial charge in [-0.15, -0.1) is 0 Å². The lowest BCUT2D eigenvalue weighted by Crippen LogP contribution is -2.23. The Hall–Kier alpha value is -3.21. The van der Waals surface area contributed by atoms with Gasteiger partial charge in [-0.3, -0.25) is 4.79 Å². The number of carbonyl (C=O) groups excluding carboxylic acids is 1. The monoisotopic (exact) mass is 386 g/mol. The van der Waals surface area contributed by atoms with Gasteiger partial charge < -0.3 is 11.1 Å². The number of amides is 1. The van der Waals surface area contributed by atoms with Gasteiger partial charge in [0.05, 0.1) is 17.1 Å². The standard InChI is InChI=1S/C24H26N4O/c1-3-15(2)24(29)28-23-21(13-16-7-5-4-6-8-16)26-22-19-11-10-18(25)14-17(19)9-12-20(22)27-23/h4-8,10-11,14-15H,3,9,12-13,25H2,1-2H3,(H,27,28,29). The first-order valence-corrected chi connectivity index (χ1v) is 10.2. The molecule has 0 radical (unpaired) electrons. The summed E-state index contributed by atoms with van der Waals surface area (Å²) in [4.78, 5) is 22.4. The van der Waals surface area contributed by atoms with Gasteiger partial charge in [0.1, 0.15) is 0 Å². The lowest BCUT2D eigenvalue weighted by molar-refractivity contribution is -0.119. The van der Waals surface area contributed by atoms with Crippen LogP contribution in [0.15, 0.2) is 48.5 Å². The van der Waals surface area contributed by atoms with E-state index in [0.29, 0.717) is 12.2 Å². The number of nitrogens with two attached hydrogens (primary N) is 1. The fourth-order valence-electron chi connectivity index (χ4n) is 3.64. The van der Waals surface area contributed by atoms with Crippen LogP contribution < -0.4 is 11.1 Å². The third kappa shape index (κ3) is 3.99. The van der Waals surface area contributed by atoms with Crippen LogP contribution in [0, 0.1) is 5.92 Å². The Morgan fingerprint density at radius 1 is 1.14 bits per heavy atom. The van der Waals surface area contributed by atoms with E-state index in [1.807, 2.05) is 50.2 Å². The first kappa shape index (κ1) is 19.1. The first-order chi connectivity index (χ1) is 14.0. The second-order valence-electron chi connectivity index (χ2n) is 7.69. The minimum Gasteiger partial charge on any atom is -0.399 e. The summed E-state index contributed by atoms with van der Waals surface area (Å²) in [5.74, 6) is 0.498. The van der Waals surface area contributed by atoms with Gasteiger partial charge in [0.25, 0.3) is 0 Å². The van der Waals surface area contributed by atoms with Crippen LogP contribution in [0.25, 0.3) is 11.3 Å². The Morgan fingerprint density at radius 3 is 2.69 bits per heavy atom. The van der Waals surface area contributed by atoms with Crippen molar-refractivity contribution in [2.24, 2.45) is 5.92 Å². The summed E-state index contributed by atoms with van der Waals surface area (Å²) in [7, 11) is 0. The predicted octanol–water partition coefficient (Wildman–Crippen LogP) is 4.40. The molecule has 5 heteroatoms. The smallest absolute Gasteiger partial charge is 0.228 e. The van der Waals surface area contributed by atoms with E-state index < -0.39 is 0 Å². The number of aryl methyl sites for hydroxylation is 2. The molecule has 0 fully saturated rings. The highest BCUT2D eigenvalue weighted by atomic mass is 16.1. The topological polar surface area (TPSA) is 80.9 Å². The largest absolute Gasteiger partial charge is 0.399 e. The van der Waals surface area contributed by atoms with Crippen molar-refractivity contribution in [2.75, 3.05) is 11.1 Å². The van der Waals surface area contributed by atoms with Gasteiger partial charge >= 0.3 is 0 Å². The number of hydrogen-bond acceptors (Lipinski definition) is 4. The van der Waals surface area contributed by atoms with E-state index in [2.05, 4.69) is 17.4 Å². The van der Waals surface area contributed by atoms with E-state index in [9.17, 15) is 4.79 Å². The minimum absolute atomic E-state index is 0.0138. The highest BCUT2D eigenvalue weighted by Crippen LogP contribution is 2.34. The lowest BCUT2D eigenvalue weighted by Gasteiger charge is -2.22. The van der Waals surface area contributed by atoms with Gasteiger partial charge in [-0.1, -0.05) is 50.2 Å². The summed E-state index contributed by atoms with van der Waals surface area (Å²) in [6, 6.07) is 16.1. The normalized spacial score (nSPS) is 13.3. The molecule has 1 atom stereocenters. The fourth-order valence-corrected chi connectivity index (χ4v) is 3.64. The Bertz CT molecular complexity index is 1050. The van der Waals surface area contributed by atoms with Crippen molar-refractivity contribution in [1.29, 1.82) is 0 Å². The molecule has 29 heavy (non-hydrogen) atoms. The zero-order chi connectivity index (χ0) is 20.4. The summed E-state index contributed by atoms with van der Waals surface area (Å²) in [5.41, 5.74) is 12.8. The molecule has 1 amide bonds. The van der Waals surface area contributed by atoms with Crippen molar-refractivity contribution in [1.82, 2.24) is 9.97 Å². The maximum Gasteiger partial charge on any atom is 0.228 e. The molecule has 3 aromatic rings. The first-order valence-electron chi connectivity index (χ1n) is 10.2. The number of hydrogen-bond donors (Lipinski definition) is 2. The Labute approximate surface area is 171 Å². The van der Waals surface area contributed by atoms with Gasteiger partial charge in [-0.2, -0.15) is 0 Å². The molecule has 4 rings (SSSR count). The highest BCUT2D eigenvalue weighted by molar-refractivity contribution is 5.92. The van der Waals surface area contributed by atoms with Crippen molar-refractivity contribution >= 4 is 17.4 Å². The third-order valence-corrected chi connectivity index (χ3v) is 5.57. The number of anilines is 2. The van der Waals surface area contributed by atoms with Crippen molar-refractivity contribution in [3.05, 3.63) is 71.0 Å². The molecule has 1 aliphatic carbocycles. The van der Waals surface area contributed by atoms with Crippen LogP contribution in [0.1, 0.15) is 42.8 Å². The Balaban J connectivity index is 1.78. The second kappa shape index (κ2) is 8.03. The summed E-state index contributed by atoms with van der Waals surface area (Å²) in [5, 5.41) is 3.03. The van der Waals surface area contributed by atoms with Crippen LogP contribution >= 0.6 is 0 Å². The van der Waals surface area contributed by atoms with Crippen LogP contribution in [0.3, 0.4) is 0 Å². The molecule has 1 aliphatic rings.